The van der Waals surface area contributed by atoms with E-state index < -0.39 is 16.6 Å². The zero-order valence-corrected chi connectivity index (χ0v) is 32.1. The van der Waals surface area contributed by atoms with E-state index in [-0.39, 0.29) is 5.92 Å². The number of aryl methyl sites for hydroxylation is 1. The molecule has 2 nitrogen and oxygen atoms in total. The van der Waals surface area contributed by atoms with Gasteiger partial charge in [-0.3, -0.25) is 0 Å². The SMILES string of the molecule is C=C(C)C1CCC(C)=CC1c1c(O[Si](CCC)(CCC)CCC)cc(CCCCC)cc1O[Si](CCC)(CCC)CCC. The van der Waals surface area contributed by atoms with Crippen LogP contribution in [0.1, 0.15) is 150 Å². The van der Waals surface area contributed by atoms with Crippen molar-refractivity contribution in [2.45, 2.75) is 182 Å². The first-order chi connectivity index (χ1) is 20.7. The normalized spacial score (nSPS) is 17.6. The van der Waals surface area contributed by atoms with Crippen molar-refractivity contribution in [1.29, 1.82) is 0 Å². The van der Waals surface area contributed by atoms with Gasteiger partial charge >= 0.3 is 0 Å². The Morgan fingerprint density at radius 3 is 1.53 bits per heavy atom. The van der Waals surface area contributed by atoms with Gasteiger partial charge < -0.3 is 8.85 Å². The summed E-state index contributed by atoms with van der Waals surface area (Å²) in [6, 6.07) is 12.4. The summed E-state index contributed by atoms with van der Waals surface area (Å²) >= 11 is 0. The maximum Gasteiger partial charge on any atom is 0.251 e. The fraction of sp³-hybridized carbons (Fsp3) is 0.744. The number of unbranched alkanes of at least 4 members (excludes halogenated alkanes) is 2. The molecule has 1 aliphatic carbocycles. The Morgan fingerprint density at radius 1 is 0.721 bits per heavy atom. The highest BCUT2D eigenvalue weighted by Gasteiger charge is 2.40. The predicted molar refractivity (Wildman–Crippen MR) is 197 cm³/mol. The van der Waals surface area contributed by atoms with Gasteiger partial charge in [0.15, 0.2) is 0 Å². The number of allylic oxidation sites excluding steroid dienone is 3. The summed E-state index contributed by atoms with van der Waals surface area (Å²) in [6.07, 6.45) is 17.0. The predicted octanol–water partition coefficient (Wildman–Crippen LogP) is 13.5. The Balaban J connectivity index is 2.95. The van der Waals surface area contributed by atoms with Crippen LogP contribution in [0, 0.1) is 5.92 Å². The average Bonchev–Trinajstić information content (AvgIpc) is 2.94. The number of rotatable bonds is 22. The molecule has 0 spiro atoms. The molecule has 0 aromatic heterocycles. The fourth-order valence-electron chi connectivity index (χ4n) is 8.04. The van der Waals surface area contributed by atoms with Gasteiger partial charge in [0, 0.05) is 11.5 Å². The van der Waals surface area contributed by atoms with E-state index in [0.717, 1.165) is 12.8 Å². The molecular formula is C39H70O2Si2. The molecule has 0 N–H and O–H groups in total. The van der Waals surface area contributed by atoms with Crippen molar-refractivity contribution in [2.24, 2.45) is 5.92 Å². The van der Waals surface area contributed by atoms with Crippen molar-refractivity contribution < 1.29 is 8.85 Å². The molecule has 1 aliphatic rings. The van der Waals surface area contributed by atoms with Crippen molar-refractivity contribution in [3.05, 3.63) is 47.1 Å². The maximum atomic E-state index is 7.67. The van der Waals surface area contributed by atoms with Crippen LogP contribution in [0.3, 0.4) is 0 Å². The summed E-state index contributed by atoms with van der Waals surface area (Å²) in [6.45, 7) is 25.6. The molecular weight excluding hydrogens is 557 g/mol. The van der Waals surface area contributed by atoms with Crippen LogP contribution in [0.15, 0.2) is 35.9 Å². The van der Waals surface area contributed by atoms with Gasteiger partial charge in [0.05, 0.1) is 0 Å². The maximum absolute atomic E-state index is 7.67. The van der Waals surface area contributed by atoms with E-state index >= 15 is 0 Å². The second-order valence-electron chi connectivity index (χ2n) is 14.1. The lowest BCUT2D eigenvalue weighted by molar-refractivity contribution is 0.437. The summed E-state index contributed by atoms with van der Waals surface area (Å²) in [5.74, 6) is 3.06. The zero-order chi connectivity index (χ0) is 31.9. The Hall–Kier alpha value is -1.27. The van der Waals surface area contributed by atoms with Gasteiger partial charge in [-0.25, -0.2) is 0 Å². The summed E-state index contributed by atoms with van der Waals surface area (Å²) in [4.78, 5) is 0. The molecule has 2 atom stereocenters. The van der Waals surface area contributed by atoms with Crippen molar-refractivity contribution in [2.75, 3.05) is 0 Å². The summed E-state index contributed by atoms with van der Waals surface area (Å²) in [7, 11) is -3.95. The first-order valence-corrected chi connectivity index (χ1v) is 23.6. The standard InChI is InChI=1S/C39H70O2Si2/c1-11-18-19-20-34-30-37(40-42(23-12-2,24-13-3)25-14-4)39(36-29-33(10)21-22-35(36)32(8)9)38(31-34)41-43(26-15-5,27-16-6)28-17-7/h29-31,35-36H,8,11-28H2,1-7,9-10H3. The highest BCUT2D eigenvalue weighted by molar-refractivity contribution is 6.75. The van der Waals surface area contributed by atoms with E-state index in [1.165, 1.54) is 134 Å². The number of hydrogen-bond acceptors (Lipinski definition) is 2. The second kappa shape index (κ2) is 19.3. The summed E-state index contributed by atoms with van der Waals surface area (Å²) < 4.78 is 15.3. The highest BCUT2D eigenvalue weighted by atomic mass is 28.4. The van der Waals surface area contributed by atoms with E-state index in [4.69, 9.17) is 8.85 Å². The monoisotopic (exact) mass is 626 g/mol. The molecule has 2 unspecified atom stereocenters. The Labute approximate surface area is 270 Å². The van der Waals surface area contributed by atoms with Gasteiger partial charge in [-0.1, -0.05) is 124 Å². The van der Waals surface area contributed by atoms with Crippen LogP contribution in [0.5, 0.6) is 11.5 Å². The molecule has 2 rings (SSSR count). The van der Waals surface area contributed by atoms with Crippen molar-refractivity contribution >= 4 is 16.6 Å². The largest absolute Gasteiger partial charge is 0.543 e. The molecule has 43 heavy (non-hydrogen) atoms. The third kappa shape index (κ3) is 10.9. The Morgan fingerprint density at radius 2 is 1.16 bits per heavy atom. The van der Waals surface area contributed by atoms with Crippen LogP contribution >= 0.6 is 0 Å². The lowest BCUT2D eigenvalue weighted by atomic mass is 9.73. The minimum atomic E-state index is -1.97. The Bertz CT molecular complexity index is 914. The third-order valence-electron chi connectivity index (χ3n) is 9.83. The van der Waals surface area contributed by atoms with E-state index in [1.807, 2.05) is 0 Å². The van der Waals surface area contributed by atoms with E-state index in [1.54, 1.807) is 0 Å². The van der Waals surface area contributed by atoms with Crippen molar-refractivity contribution in [3.63, 3.8) is 0 Å². The quantitative estimate of drug-likeness (QED) is 0.0724. The highest BCUT2D eigenvalue weighted by Crippen LogP contribution is 2.50. The van der Waals surface area contributed by atoms with E-state index in [2.05, 4.69) is 87.1 Å². The van der Waals surface area contributed by atoms with Crippen LogP contribution in [0.25, 0.3) is 0 Å². The van der Waals surface area contributed by atoms with Gasteiger partial charge in [-0.15, -0.1) is 0 Å². The first kappa shape index (κ1) is 37.9. The lowest BCUT2D eigenvalue weighted by Crippen LogP contribution is -2.43. The van der Waals surface area contributed by atoms with E-state index in [9.17, 15) is 0 Å². The minimum Gasteiger partial charge on any atom is -0.543 e. The van der Waals surface area contributed by atoms with Crippen molar-refractivity contribution in [1.82, 2.24) is 0 Å². The number of hydrogen-bond donors (Lipinski definition) is 0. The first-order valence-electron chi connectivity index (χ1n) is 18.5. The molecule has 1 aromatic rings. The van der Waals surface area contributed by atoms with Crippen LogP contribution in [-0.4, -0.2) is 16.6 Å². The van der Waals surface area contributed by atoms with Gasteiger partial charge in [0.1, 0.15) is 11.5 Å². The topological polar surface area (TPSA) is 18.5 Å². The Kier molecular flexibility index (Phi) is 17.0. The van der Waals surface area contributed by atoms with Crippen LogP contribution < -0.4 is 8.85 Å². The molecule has 0 fully saturated rings. The van der Waals surface area contributed by atoms with Crippen molar-refractivity contribution in [3.8, 4) is 11.5 Å². The zero-order valence-electron chi connectivity index (χ0n) is 30.1. The molecule has 0 saturated carbocycles. The summed E-state index contributed by atoms with van der Waals surface area (Å²) in [5, 5.41) is 0. The van der Waals surface area contributed by atoms with Gasteiger partial charge in [0.25, 0.3) is 16.6 Å². The van der Waals surface area contributed by atoms with Crippen LogP contribution in [0.2, 0.25) is 36.3 Å². The molecule has 4 heteroatoms. The third-order valence-corrected chi connectivity index (χ3v) is 19.6. The average molecular weight is 627 g/mol. The molecule has 0 aliphatic heterocycles. The number of benzene rings is 1. The molecule has 0 radical (unpaired) electrons. The smallest absolute Gasteiger partial charge is 0.251 e. The van der Waals surface area contributed by atoms with Gasteiger partial charge in [-0.2, -0.15) is 0 Å². The van der Waals surface area contributed by atoms with Crippen LogP contribution in [0.4, 0.5) is 0 Å². The molecule has 0 saturated heterocycles. The molecule has 246 valence electrons. The second-order valence-corrected chi connectivity index (χ2v) is 22.2. The minimum absolute atomic E-state index is 0.272. The fourth-order valence-corrected chi connectivity index (χ4v) is 16.9. The molecule has 1 aromatic carbocycles. The van der Waals surface area contributed by atoms with E-state index in [0.29, 0.717) is 5.92 Å². The summed E-state index contributed by atoms with van der Waals surface area (Å²) in [5.41, 5.74) is 5.60. The molecule has 0 amide bonds. The van der Waals surface area contributed by atoms with Crippen LogP contribution in [-0.2, 0) is 6.42 Å². The molecule has 0 bridgehead atoms. The van der Waals surface area contributed by atoms with Gasteiger partial charge in [-0.05, 0) is 99.4 Å². The lowest BCUT2D eigenvalue weighted by Gasteiger charge is -2.39. The molecule has 0 heterocycles. The van der Waals surface area contributed by atoms with Gasteiger partial charge in [0.2, 0.25) is 0 Å².